The number of aryl methyl sites for hydroxylation is 1. The maximum atomic E-state index is 11.6. The van der Waals surface area contributed by atoms with Gasteiger partial charge in [-0.05, 0) is 23.5 Å². The normalized spacial score (nSPS) is 13.0. The number of carbonyl (C=O) groups is 1. The first-order chi connectivity index (χ1) is 8.73. The summed E-state index contributed by atoms with van der Waals surface area (Å²) in [5, 5.41) is 10.1. The molecule has 4 nitrogen and oxygen atoms in total. The zero-order valence-electron chi connectivity index (χ0n) is 12.4. The number of benzene rings is 1. The molecule has 1 aromatic carbocycles. The average molecular weight is 266 g/mol. The molecule has 1 N–H and O–H groups in total. The summed E-state index contributed by atoms with van der Waals surface area (Å²) in [6.07, 6.45) is -1.33. The van der Waals surface area contributed by atoms with Crippen LogP contribution in [0.1, 0.15) is 43.6 Å². The maximum Gasteiger partial charge on any atom is 0.339 e. The van der Waals surface area contributed by atoms with Crippen LogP contribution in [0.3, 0.4) is 0 Å². The van der Waals surface area contributed by atoms with Gasteiger partial charge in [-0.1, -0.05) is 32.9 Å². The Morgan fingerprint density at radius 1 is 1.26 bits per heavy atom. The highest BCUT2D eigenvalue weighted by Gasteiger charge is 2.29. The second-order valence-corrected chi connectivity index (χ2v) is 5.55. The standard InChI is InChI=1S/C15H22O4/c1-9-7-8-10(15(2,3)4)13(18-5)11(9)12(16)14(17)19-6/h7-8,12,16H,1-6H3. The minimum Gasteiger partial charge on any atom is -0.496 e. The van der Waals surface area contributed by atoms with Crippen LogP contribution in [0.25, 0.3) is 0 Å². The number of ether oxygens (including phenoxy) is 2. The Morgan fingerprint density at radius 2 is 1.84 bits per heavy atom. The Morgan fingerprint density at radius 3 is 2.26 bits per heavy atom. The predicted molar refractivity (Wildman–Crippen MR) is 73.4 cm³/mol. The Bertz CT molecular complexity index is 472. The first-order valence-electron chi connectivity index (χ1n) is 6.18. The van der Waals surface area contributed by atoms with E-state index in [2.05, 4.69) is 25.5 Å². The molecule has 1 aromatic rings. The van der Waals surface area contributed by atoms with E-state index in [1.807, 2.05) is 19.1 Å². The van der Waals surface area contributed by atoms with E-state index in [0.29, 0.717) is 11.3 Å². The second kappa shape index (κ2) is 5.61. The lowest BCUT2D eigenvalue weighted by Crippen LogP contribution is -2.19. The minimum atomic E-state index is -1.33. The molecule has 1 atom stereocenters. The molecule has 106 valence electrons. The summed E-state index contributed by atoms with van der Waals surface area (Å²) in [7, 11) is 2.79. The molecule has 0 amide bonds. The smallest absolute Gasteiger partial charge is 0.339 e. The molecular formula is C15H22O4. The monoisotopic (exact) mass is 266 g/mol. The molecule has 0 saturated heterocycles. The topological polar surface area (TPSA) is 55.8 Å². The Balaban J connectivity index is 3.50. The van der Waals surface area contributed by atoms with Gasteiger partial charge in [0.2, 0.25) is 0 Å². The zero-order chi connectivity index (χ0) is 14.8. The van der Waals surface area contributed by atoms with Gasteiger partial charge in [0, 0.05) is 5.56 Å². The van der Waals surface area contributed by atoms with Crippen LogP contribution in [-0.4, -0.2) is 25.3 Å². The largest absolute Gasteiger partial charge is 0.496 e. The molecule has 0 radical (unpaired) electrons. The van der Waals surface area contributed by atoms with Crippen molar-refractivity contribution < 1.29 is 19.4 Å². The number of aliphatic hydroxyl groups is 1. The number of rotatable bonds is 3. The minimum absolute atomic E-state index is 0.149. The van der Waals surface area contributed by atoms with Gasteiger partial charge in [-0.25, -0.2) is 4.79 Å². The van der Waals surface area contributed by atoms with Crippen molar-refractivity contribution >= 4 is 5.97 Å². The molecule has 0 heterocycles. The third kappa shape index (κ3) is 3.07. The number of hydrogen-bond donors (Lipinski definition) is 1. The third-order valence-electron chi connectivity index (χ3n) is 3.12. The van der Waals surface area contributed by atoms with Crippen LogP contribution >= 0.6 is 0 Å². The van der Waals surface area contributed by atoms with Crippen LogP contribution < -0.4 is 4.74 Å². The number of esters is 1. The molecule has 4 heteroatoms. The van der Waals surface area contributed by atoms with E-state index in [9.17, 15) is 9.90 Å². The van der Waals surface area contributed by atoms with Crippen LogP contribution in [-0.2, 0) is 14.9 Å². The number of methoxy groups -OCH3 is 2. The van der Waals surface area contributed by atoms with Crippen molar-refractivity contribution in [2.45, 2.75) is 39.2 Å². The summed E-state index contributed by atoms with van der Waals surface area (Å²) in [5.41, 5.74) is 2.06. The van der Waals surface area contributed by atoms with Crippen molar-refractivity contribution in [2.24, 2.45) is 0 Å². The van der Waals surface area contributed by atoms with Crippen LogP contribution in [0.2, 0.25) is 0 Å². The third-order valence-corrected chi connectivity index (χ3v) is 3.12. The van der Waals surface area contributed by atoms with E-state index in [4.69, 9.17) is 4.74 Å². The van der Waals surface area contributed by atoms with Crippen molar-refractivity contribution in [1.82, 2.24) is 0 Å². The molecule has 0 aromatic heterocycles. The number of hydrogen-bond acceptors (Lipinski definition) is 4. The van der Waals surface area contributed by atoms with Gasteiger partial charge in [0.05, 0.1) is 14.2 Å². The second-order valence-electron chi connectivity index (χ2n) is 5.55. The van der Waals surface area contributed by atoms with E-state index in [-0.39, 0.29) is 5.41 Å². The van der Waals surface area contributed by atoms with Crippen LogP contribution in [0.5, 0.6) is 5.75 Å². The van der Waals surface area contributed by atoms with Gasteiger partial charge < -0.3 is 14.6 Å². The van der Waals surface area contributed by atoms with Crippen LogP contribution in [0, 0.1) is 6.92 Å². The average Bonchev–Trinajstić information content (AvgIpc) is 2.34. The van der Waals surface area contributed by atoms with Gasteiger partial charge >= 0.3 is 5.97 Å². The first-order valence-corrected chi connectivity index (χ1v) is 6.18. The maximum absolute atomic E-state index is 11.6. The zero-order valence-corrected chi connectivity index (χ0v) is 12.4. The lowest BCUT2D eigenvalue weighted by atomic mass is 9.83. The van der Waals surface area contributed by atoms with Crippen LogP contribution in [0.4, 0.5) is 0 Å². The van der Waals surface area contributed by atoms with E-state index >= 15 is 0 Å². The SMILES string of the molecule is COC(=O)C(O)c1c(C)ccc(C(C)(C)C)c1OC. The predicted octanol–water partition coefficient (Wildman–Crippen LogP) is 2.51. The van der Waals surface area contributed by atoms with E-state index < -0.39 is 12.1 Å². The fourth-order valence-corrected chi connectivity index (χ4v) is 2.08. The summed E-state index contributed by atoms with van der Waals surface area (Å²) in [5.74, 6) is -0.141. The van der Waals surface area contributed by atoms with E-state index in [0.717, 1.165) is 11.1 Å². The van der Waals surface area contributed by atoms with Crippen molar-refractivity contribution in [3.05, 3.63) is 28.8 Å². The summed E-state index contributed by atoms with van der Waals surface area (Å²) in [4.78, 5) is 11.6. The van der Waals surface area contributed by atoms with Crippen LogP contribution in [0.15, 0.2) is 12.1 Å². The molecule has 19 heavy (non-hydrogen) atoms. The highest BCUT2D eigenvalue weighted by Crippen LogP contribution is 2.38. The van der Waals surface area contributed by atoms with Crippen molar-refractivity contribution in [3.8, 4) is 5.75 Å². The number of carbonyl (C=O) groups excluding carboxylic acids is 1. The van der Waals surface area contributed by atoms with Gasteiger partial charge in [0.25, 0.3) is 0 Å². The highest BCUT2D eigenvalue weighted by molar-refractivity contribution is 5.78. The van der Waals surface area contributed by atoms with E-state index in [1.54, 1.807) is 0 Å². The molecule has 0 saturated carbocycles. The molecule has 0 bridgehead atoms. The molecule has 0 aliphatic carbocycles. The van der Waals surface area contributed by atoms with Gasteiger partial charge in [-0.2, -0.15) is 0 Å². The molecule has 0 aliphatic rings. The summed E-state index contributed by atoms with van der Waals surface area (Å²) in [6, 6.07) is 3.84. The Kier molecular flexibility index (Phi) is 4.58. The summed E-state index contributed by atoms with van der Waals surface area (Å²) < 4.78 is 10.0. The molecule has 1 rings (SSSR count). The fourth-order valence-electron chi connectivity index (χ4n) is 2.08. The molecular weight excluding hydrogens is 244 g/mol. The summed E-state index contributed by atoms with van der Waals surface area (Å²) in [6.45, 7) is 7.98. The van der Waals surface area contributed by atoms with Crippen molar-refractivity contribution in [2.75, 3.05) is 14.2 Å². The Hall–Kier alpha value is -1.55. The lowest BCUT2D eigenvalue weighted by Gasteiger charge is -2.26. The lowest BCUT2D eigenvalue weighted by molar-refractivity contribution is -0.150. The van der Waals surface area contributed by atoms with Gasteiger partial charge in [-0.3, -0.25) is 0 Å². The van der Waals surface area contributed by atoms with Gasteiger partial charge in [0.15, 0.2) is 6.10 Å². The quantitative estimate of drug-likeness (QED) is 0.854. The van der Waals surface area contributed by atoms with Crippen molar-refractivity contribution in [1.29, 1.82) is 0 Å². The molecule has 1 unspecified atom stereocenters. The summed E-state index contributed by atoms with van der Waals surface area (Å²) >= 11 is 0. The fraction of sp³-hybridized carbons (Fsp3) is 0.533. The Labute approximate surface area is 114 Å². The molecule has 0 aliphatic heterocycles. The molecule has 0 spiro atoms. The molecule has 0 fully saturated rings. The van der Waals surface area contributed by atoms with Gasteiger partial charge in [0.1, 0.15) is 5.75 Å². The first kappa shape index (κ1) is 15.5. The van der Waals surface area contributed by atoms with Gasteiger partial charge in [-0.15, -0.1) is 0 Å². The number of aliphatic hydroxyl groups excluding tert-OH is 1. The highest BCUT2D eigenvalue weighted by atomic mass is 16.5. The van der Waals surface area contributed by atoms with E-state index in [1.165, 1.54) is 14.2 Å². The van der Waals surface area contributed by atoms with Crippen molar-refractivity contribution in [3.63, 3.8) is 0 Å².